The number of ether oxygens (including phenoxy) is 1. The van der Waals surface area contributed by atoms with E-state index in [1.165, 1.54) is 15.8 Å². The number of nitrogens with two attached hydrogens (primary N) is 1. The number of aromatic amines is 1. The van der Waals surface area contributed by atoms with Gasteiger partial charge in [0.25, 0.3) is 0 Å². The molecule has 0 spiro atoms. The number of thiophene rings is 1. The molecule has 7 nitrogen and oxygen atoms in total. The molecule has 0 unspecified atom stereocenters. The molecule has 5 heterocycles. The van der Waals surface area contributed by atoms with Gasteiger partial charge in [-0.1, -0.05) is 12.1 Å². The Bertz CT molecular complexity index is 1380. The van der Waals surface area contributed by atoms with Gasteiger partial charge >= 0.3 is 0 Å². The SMILES string of the molecule is Nc1ccc(-c2nc(N3CCOCC3)c3sc(-c4ccc5cc[nH]c5c4)cc3n2)cn1. The Labute approximate surface area is 182 Å². The first-order valence-corrected chi connectivity index (χ1v) is 11.0. The molecule has 3 N–H and O–H groups in total. The van der Waals surface area contributed by atoms with Gasteiger partial charge in [0.2, 0.25) is 0 Å². The molecule has 0 amide bonds. The number of benzene rings is 1. The predicted molar refractivity (Wildman–Crippen MR) is 125 cm³/mol. The molecule has 4 aromatic heterocycles. The lowest BCUT2D eigenvalue weighted by Gasteiger charge is -2.28. The third-order valence-electron chi connectivity index (χ3n) is 5.55. The number of nitrogens with zero attached hydrogens (tertiary/aromatic N) is 4. The van der Waals surface area contributed by atoms with Crippen LogP contribution in [0, 0.1) is 0 Å². The Morgan fingerprint density at radius 1 is 1.00 bits per heavy atom. The van der Waals surface area contributed by atoms with Crippen LogP contribution in [0.15, 0.2) is 54.9 Å². The number of anilines is 2. The van der Waals surface area contributed by atoms with Gasteiger partial charge in [-0.15, -0.1) is 11.3 Å². The van der Waals surface area contributed by atoms with Gasteiger partial charge in [-0.3, -0.25) is 0 Å². The summed E-state index contributed by atoms with van der Waals surface area (Å²) < 4.78 is 6.65. The number of hydrogen-bond acceptors (Lipinski definition) is 7. The van der Waals surface area contributed by atoms with Gasteiger partial charge in [0.1, 0.15) is 5.82 Å². The first kappa shape index (κ1) is 18.3. The number of morpholine rings is 1. The maximum atomic E-state index is 5.77. The van der Waals surface area contributed by atoms with Gasteiger partial charge in [0, 0.05) is 41.4 Å². The first-order valence-electron chi connectivity index (χ1n) is 10.2. The standard InChI is InChI=1S/C23H20N6OS/c24-20-4-3-16(13-26-20)22-27-18-12-19(15-2-1-14-5-6-25-17(14)11-15)31-21(18)23(28-22)29-7-9-30-10-8-29/h1-6,11-13,25H,7-10H2,(H2,24,26). The lowest BCUT2D eigenvalue weighted by Crippen LogP contribution is -2.36. The zero-order valence-corrected chi connectivity index (χ0v) is 17.5. The van der Waals surface area contributed by atoms with Crippen molar-refractivity contribution in [3.63, 3.8) is 0 Å². The zero-order valence-electron chi connectivity index (χ0n) is 16.7. The number of nitrogen functional groups attached to an aromatic ring is 1. The summed E-state index contributed by atoms with van der Waals surface area (Å²) in [5.74, 6) is 2.10. The van der Waals surface area contributed by atoms with Gasteiger partial charge in [-0.05, 0) is 41.3 Å². The molecule has 1 saturated heterocycles. The number of rotatable bonds is 3. The summed E-state index contributed by atoms with van der Waals surface area (Å²) >= 11 is 1.73. The second kappa shape index (κ2) is 7.33. The number of fused-ring (bicyclic) bond motifs is 2. The van der Waals surface area contributed by atoms with Crippen LogP contribution in [0.5, 0.6) is 0 Å². The van der Waals surface area contributed by atoms with E-state index in [2.05, 4.69) is 45.2 Å². The fourth-order valence-corrected chi connectivity index (χ4v) is 5.02. The van der Waals surface area contributed by atoms with Crippen LogP contribution in [-0.2, 0) is 4.74 Å². The van der Waals surface area contributed by atoms with E-state index < -0.39 is 0 Å². The average Bonchev–Trinajstić information content (AvgIpc) is 3.46. The molecule has 0 aliphatic carbocycles. The quantitative estimate of drug-likeness (QED) is 0.445. The van der Waals surface area contributed by atoms with Crippen LogP contribution >= 0.6 is 11.3 Å². The first-order chi connectivity index (χ1) is 15.2. The van der Waals surface area contributed by atoms with E-state index in [1.807, 2.05) is 12.3 Å². The Kier molecular flexibility index (Phi) is 4.33. The molecule has 1 aliphatic heterocycles. The van der Waals surface area contributed by atoms with Crippen molar-refractivity contribution < 1.29 is 4.74 Å². The van der Waals surface area contributed by atoms with E-state index >= 15 is 0 Å². The summed E-state index contributed by atoms with van der Waals surface area (Å²) in [5, 5.41) is 1.21. The number of nitrogens with one attached hydrogen (secondary N) is 1. The molecule has 31 heavy (non-hydrogen) atoms. The van der Waals surface area contributed by atoms with Crippen molar-refractivity contribution in [1.82, 2.24) is 19.9 Å². The molecule has 0 atom stereocenters. The summed E-state index contributed by atoms with van der Waals surface area (Å²) in [5.41, 5.74) is 9.86. The van der Waals surface area contributed by atoms with E-state index in [0.29, 0.717) is 24.9 Å². The van der Waals surface area contributed by atoms with Crippen LogP contribution in [0.4, 0.5) is 11.6 Å². The highest BCUT2D eigenvalue weighted by Crippen LogP contribution is 2.39. The Morgan fingerprint density at radius 3 is 2.71 bits per heavy atom. The van der Waals surface area contributed by atoms with Crippen LogP contribution in [0.2, 0.25) is 0 Å². The molecular formula is C23H20N6OS. The van der Waals surface area contributed by atoms with Crippen molar-refractivity contribution in [3.05, 3.63) is 54.9 Å². The maximum absolute atomic E-state index is 5.77. The summed E-state index contributed by atoms with van der Waals surface area (Å²) in [6.45, 7) is 3.03. The summed E-state index contributed by atoms with van der Waals surface area (Å²) in [6, 6.07) is 14.4. The van der Waals surface area contributed by atoms with Crippen molar-refractivity contribution in [2.45, 2.75) is 0 Å². The van der Waals surface area contributed by atoms with Crippen molar-refractivity contribution >= 4 is 44.1 Å². The molecule has 154 valence electrons. The number of H-pyrrole nitrogens is 1. The van der Waals surface area contributed by atoms with Crippen molar-refractivity contribution in [2.75, 3.05) is 36.9 Å². The van der Waals surface area contributed by atoms with Crippen LogP contribution in [-0.4, -0.2) is 46.2 Å². The largest absolute Gasteiger partial charge is 0.384 e. The van der Waals surface area contributed by atoms with Crippen LogP contribution < -0.4 is 10.6 Å². The highest BCUT2D eigenvalue weighted by atomic mass is 32.1. The molecule has 5 aromatic rings. The van der Waals surface area contributed by atoms with Crippen LogP contribution in [0.1, 0.15) is 0 Å². The molecule has 6 rings (SSSR count). The van der Waals surface area contributed by atoms with E-state index in [1.54, 1.807) is 23.6 Å². The minimum absolute atomic E-state index is 0.482. The van der Waals surface area contributed by atoms with Crippen molar-refractivity contribution in [1.29, 1.82) is 0 Å². The second-order valence-corrected chi connectivity index (χ2v) is 8.60. The summed E-state index contributed by atoms with van der Waals surface area (Å²) in [6.07, 6.45) is 3.69. The Balaban J connectivity index is 1.52. The van der Waals surface area contributed by atoms with Gasteiger partial charge < -0.3 is 20.4 Å². The molecular weight excluding hydrogens is 408 g/mol. The lowest BCUT2D eigenvalue weighted by molar-refractivity contribution is 0.122. The Morgan fingerprint density at radius 2 is 1.87 bits per heavy atom. The van der Waals surface area contributed by atoms with Gasteiger partial charge in [-0.2, -0.15) is 0 Å². The van der Waals surface area contributed by atoms with Crippen molar-refractivity contribution in [2.24, 2.45) is 0 Å². The minimum atomic E-state index is 0.482. The van der Waals surface area contributed by atoms with Crippen LogP contribution in [0.25, 0.3) is 42.9 Å². The van der Waals surface area contributed by atoms with Crippen LogP contribution in [0.3, 0.4) is 0 Å². The fraction of sp³-hybridized carbons (Fsp3) is 0.174. The Hall–Kier alpha value is -3.49. The molecule has 1 fully saturated rings. The topological polar surface area (TPSA) is 92.9 Å². The third kappa shape index (κ3) is 3.30. The van der Waals surface area contributed by atoms with E-state index in [0.717, 1.165) is 40.2 Å². The molecule has 1 aliphatic rings. The summed E-state index contributed by atoms with van der Waals surface area (Å²) in [4.78, 5) is 20.8. The van der Waals surface area contributed by atoms with Gasteiger partial charge in [0.05, 0.1) is 23.4 Å². The van der Waals surface area contributed by atoms with E-state index in [9.17, 15) is 0 Å². The van der Waals surface area contributed by atoms with Gasteiger partial charge in [0.15, 0.2) is 11.6 Å². The normalized spacial score (nSPS) is 14.5. The molecule has 0 bridgehead atoms. The van der Waals surface area contributed by atoms with Crippen molar-refractivity contribution in [3.8, 4) is 21.8 Å². The average molecular weight is 429 g/mol. The monoisotopic (exact) mass is 428 g/mol. The number of hydrogen-bond donors (Lipinski definition) is 2. The minimum Gasteiger partial charge on any atom is -0.384 e. The highest BCUT2D eigenvalue weighted by Gasteiger charge is 2.20. The third-order valence-corrected chi connectivity index (χ3v) is 6.72. The molecule has 1 aromatic carbocycles. The number of pyridine rings is 1. The smallest absolute Gasteiger partial charge is 0.163 e. The molecule has 0 radical (unpaired) electrons. The second-order valence-electron chi connectivity index (χ2n) is 7.55. The van der Waals surface area contributed by atoms with E-state index in [-0.39, 0.29) is 0 Å². The highest BCUT2D eigenvalue weighted by molar-refractivity contribution is 7.22. The summed E-state index contributed by atoms with van der Waals surface area (Å²) in [7, 11) is 0. The number of aromatic nitrogens is 4. The van der Waals surface area contributed by atoms with E-state index in [4.69, 9.17) is 20.4 Å². The fourth-order valence-electron chi connectivity index (χ4n) is 3.91. The zero-order chi connectivity index (χ0) is 20.8. The molecule has 8 heteroatoms. The van der Waals surface area contributed by atoms with Gasteiger partial charge in [-0.25, -0.2) is 15.0 Å². The lowest BCUT2D eigenvalue weighted by atomic mass is 10.1. The maximum Gasteiger partial charge on any atom is 0.163 e. The molecule has 0 saturated carbocycles. The predicted octanol–water partition coefficient (Wildman–Crippen LogP) is 4.32.